The van der Waals surface area contributed by atoms with Crippen molar-refractivity contribution in [3.05, 3.63) is 102 Å². The van der Waals surface area contributed by atoms with Crippen LogP contribution < -0.4 is 14.2 Å². The summed E-state index contributed by atoms with van der Waals surface area (Å²) in [6.07, 6.45) is 1.08. The van der Waals surface area contributed by atoms with E-state index in [1.54, 1.807) is 30.3 Å². The lowest BCUT2D eigenvalue weighted by Gasteiger charge is -2.11. The van der Waals surface area contributed by atoms with Crippen LogP contribution in [0.15, 0.2) is 85.5 Å². The van der Waals surface area contributed by atoms with Gasteiger partial charge >= 0.3 is 17.9 Å². The number of aliphatic hydroxyl groups excluding tert-OH is 1. The van der Waals surface area contributed by atoms with Crippen molar-refractivity contribution in [2.75, 3.05) is 33.0 Å². The highest BCUT2D eigenvalue weighted by molar-refractivity contribution is 5.91. The third-order valence-electron chi connectivity index (χ3n) is 6.40. The van der Waals surface area contributed by atoms with Crippen LogP contribution in [0.4, 0.5) is 0 Å². The van der Waals surface area contributed by atoms with Gasteiger partial charge in [0.15, 0.2) is 0 Å². The van der Waals surface area contributed by atoms with E-state index in [1.165, 1.54) is 0 Å². The number of carbonyl (C=O) groups is 3. The molecule has 3 aromatic rings. The molecule has 1 aliphatic rings. The van der Waals surface area contributed by atoms with Crippen LogP contribution in [0.2, 0.25) is 0 Å². The van der Waals surface area contributed by atoms with Gasteiger partial charge in [-0.05, 0) is 70.8 Å². The van der Waals surface area contributed by atoms with Gasteiger partial charge in [0.1, 0.15) is 43.7 Å². The van der Waals surface area contributed by atoms with E-state index in [0.717, 1.165) is 28.3 Å². The normalized spacial score (nSPS) is 12.9. The molecule has 0 bridgehead atoms. The van der Waals surface area contributed by atoms with Gasteiger partial charge in [0.2, 0.25) is 0 Å². The van der Waals surface area contributed by atoms with Crippen molar-refractivity contribution in [3.63, 3.8) is 0 Å². The molecule has 0 spiro atoms. The molecule has 9 heteroatoms. The maximum Gasteiger partial charge on any atom is 0.343 e. The van der Waals surface area contributed by atoms with Crippen LogP contribution in [0.5, 0.6) is 17.2 Å². The fraction of sp³-hybridized carbons (Fsp3) is 0.219. The minimum Gasteiger partial charge on any atom is -0.490 e. The number of rotatable bonds is 13. The average Bonchev–Trinajstić information content (AvgIpc) is 3.27. The number of carbonyl (C=O) groups excluding carboxylic acids is 3. The summed E-state index contributed by atoms with van der Waals surface area (Å²) in [7, 11) is 0. The molecular formula is C32H30O9. The SMILES string of the molecule is C=CC(=O)OCCOc1ccc(C(=O)Oc2ccc3c(c2)C(C)c2cc(OCCOC(=O)C(=C)CO)ccc2-3)cc1. The largest absolute Gasteiger partial charge is 0.490 e. The molecule has 1 N–H and O–H groups in total. The summed E-state index contributed by atoms with van der Waals surface area (Å²) >= 11 is 0. The Kier molecular flexibility index (Phi) is 9.55. The number of esters is 3. The van der Waals surface area contributed by atoms with E-state index < -0.39 is 24.5 Å². The fourth-order valence-corrected chi connectivity index (χ4v) is 4.28. The van der Waals surface area contributed by atoms with Crippen LogP contribution in [0, 0.1) is 0 Å². The highest BCUT2D eigenvalue weighted by Crippen LogP contribution is 2.47. The molecule has 9 nitrogen and oxygen atoms in total. The summed E-state index contributed by atoms with van der Waals surface area (Å²) in [4.78, 5) is 35.4. The fourth-order valence-electron chi connectivity index (χ4n) is 4.28. The molecule has 1 atom stereocenters. The summed E-state index contributed by atoms with van der Waals surface area (Å²) in [5.41, 5.74) is 4.57. The molecule has 0 aromatic heterocycles. The Morgan fingerprint density at radius 3 is 2.00 bits per heavy atom. The number of hydrogen-bond donors (Lipinski definition) is 1. The Morgan fingerprint density at radius 1 is 0.805 bits per heavy atom. The molecule has 0 saturated carbocycles. The first-order chi connectivity index (χ1) is 19.8. The highest BCUT2D eigenvalue weighted by Gasteiger charge is 2.27. The zero-order valence-corrected chi connectivity index (χ0v) is 22.6. The number of hydrogen-bond acceptors (Lipinski definition) is 9. The molecule has 0 fully saturated rings. The third-order valence-corrected chi connectivity index (χ3v) is 6.40. The van der Waals surface area contributed by atoms with E-state index in [-0.39, 0.29) is 37.9 Å². The Hall–Kier alpha value is -4.89. The predicted molar refractivity (Wildman–Crippen MR) is 150 cm³/mol. The van der Waals surface area contributed by atoms with Gasteiger partial charge < -0.3 is 28.8 Å². The minimum atomic E-state index is -0.655. The maximum absolute atomic E-state index is 12.8. The van der Waals surface area contributed by atoms with Gasteiger partial charge in [0.25, 0.3) is 0 Å². The van der Waals surface area contributed by atoms with Crippen LogP contribution in [0.3, 0.4) is 0 Å². The quantitative estimate of drug-likeness (QED) is 0.139. The van der Waals surface area contributed by atoms with Crippen molar-refractivity contribution in [3.8, 4) is 28.4 Å². The van der Waals surface area contributed by atoms with Crippen molar-refractivity contribution in [1.29, 1.82) is 0 Å². The molecule has 0 aliphatic heterocycles. The first kappa shape index (κ1) is 29.1. The second-order valence-electron chi connectivity index (χ2n) is 9.10. The van der Waals surface area contributed by atoms with Gasteiger partial charge in [-0.1, -0.05) is 32.2 Å². The Labute approximate surface area is 237 Å². The Balaban J connectivity index is 1.33. The summed E-state index contributed by atoms with van der Waals surface area (Å²) < 4.78 is 26.8. The molecule has 41 heavy (non-hydrogen) atoms. The van der Waals surface area contributed by atoms with E-state index in [2.05, 4.69) is 20.1 Å². The third kappa shape index (κ3) is 7.20. The van der Waals surface area contributed by atoms with E-state index in [9.17, 15) is 14.4 Å². The molecule has 0 heterocycles. The van der Waals surface area contributed by atoms with Crippen molar-refractivity contribution >= 4 is 17.9 Å². The minimum absolute atomic E-state index is 0.0101. The van der Waals surface area contributed by atoms with E-state index in [0.29, 0.717) is 22.8 Å². The molecular weight excluding hydrogens is 528 g/mol. The molecule has 1 unspecified atom stereocenters. The second-order valence-corrected chi connectivity index (χ2v) is 9.10. The smallest absolute Gasteiger partial charge is 0.343 e. The number of ether oxygens (including phenoxy) is 5. The number of aliphatic hydroxyl groups is 1. The van der Waals surface area contributed by atoms with Crippen molar-refractivity contribution in [2.45, 2.75) is 12.8 Å². The van der Waals surface area contributed by atoms with Gasteiger partial charge in [0.05, 0.1) is 17.7 Å². The summed E-state index contributed by atoms with van der Waals surface area (Å²) in [5.74, 6) is -0.0453. The van der Waals surface area contributed by atoms with Gasteiger partial charge in [-0.15, -0.1) is 0 Å². The second kappa shape index (κ2) is 13.5. The average molecular weight is 559 g/mol. The number of fused-ring (bicyclic) bond motifs is 3. The summed E-state index contributed by atoms with van der Waals surface area (Å²) in [5, 5.41) is 8.93. The van der Waals surface area contributed by atoms with Crippen LogP contribution in [0.25, 0.3) is 11.1 Å². The van der Waals surface area contributed by atoms with Crippen LogP contribution in [-0.4, -0.2) is 56.0 Å². The van der Waals surface area contributed by atoms with Gasteiger partial charge in [0, 0.05) is 12.0 Å². The van der Waals surface area contributed by atoms with Crippen molar-refractivity contribution < 1.29 is 43.2 Å². The van der Waals surface area contributed by atoms with Gasteiger partial charge in [-0.3, -0.25) is 0 Å². The molecule has 212 valence electrons. The van der Waals surface area contributed by atoms with Gasteiger partial charge in [-0.25, -0.2) is 14.4 Å². The Bertz CT molecular complexity index is 1460. The van der Waals surface area contributed by atoms with E-state index in [4.69, 9.17) is 28.8 Å². The molecule has 4 rings (SSSR count). The van der Waals surface area contributed by atoms with E-state index in [1.807, 2.05) is 30.3 Å². The lowest BCUT2D eigenvalue weighted by molar-refractivity contribution is -0.140. The van der Waals surface area contributed by atoms with Crippen LogP contribution >= 0.6 is 0 Å². The summed E-state index contributed by atoms with van der Waals surface area (Å²) in [6, 6.07) is 17.8. The zero-order valence-electron chi connectivity index (χ0n) is 22.6. The predicted octanol–water partition coefficient (Wildman–Crippen LogP) is 4.62. The highest BCUT2D eigenvalue weighted by atomic mass is 16.6. The number of benzene rings is 3. The molecule has 0 amide bonds. The molecule has 0 radical (unpaired) electrons. The summed E-state index contributed by atoms with van der Waals surface area (Å²) in [6.45, 7) is 8.81. The van der Waals surface area contributed by atoms with Crippen molar-refractivity contribution in [1.82, 2.24) is 0 Å². The maximum atomic E-state index is 12.8. The molecule has 1 aliphatic carbocycles. The van der Waals surface area contributed by atoms with Crippen LogP contribution in [-0.2, 0) is 19.1 Å². The van der Waals surface area contributed by atoms with Crippen molar-refractivity contribution in [2.24, 2.45) is 0 Å². The lowest BCUT2D eigenvalue weighted by Crippen LogP contribution is -2.15. The van der Waals surface area contributed by atoms with Crippen LogP contribution in [0.1, 0.15) is 34.3 Å². The van der Waals surface area contributed by atoms with E-state index >= 15 is 0 Å². The first-order valence-electron chi connectivity index (χ1n) is 12.9. The standard InChI is InChI=1S/C32H30O9/c1-4-30(34)39-15-13-37-23-7-5-22(6-8-23)32(36)41-25-10-12-27-26-11-9-24(17-28(26)21(3)29(27)18-25)38-14-16-40-31(35)20(2)19-33/h4-12,17-18,21,33H,1-2,13-16,19H2,3H3. The first-order valence-corrected chi connectivity index (χ1v) is 12.9. The Morgan fingerprint density at radius 2 is 1.37 bits per heavy atom. The van der Waals surface area contributed by atoms with Gasteiger partial charge in [-0.2, -0.15) is 0 Å². The lowest BCUT2D eigenvalue weighted by atomic mass is 9.99. The topological polar surface area (TPSA) is 118 Å². The molecule has 3 aromatic carbocycles. The monoisotopic (exact) mass is 558 g/mol. The molecule has 0 saturated heterocycles. The zero-order chi connectivity index (χ0) is 29.4.